The summed E-state index contributed by atoms with van der Waals surface area (Å²) in [6.07, 6.45) is -5.85. The van der Waals surface area contributed by atoms with Crippen LogP contribution in [0.4, 0.5) is 23.2 Å². The fourth-order valence-electron chi connectivity index (χ4n) is 1.31. The van der Waals surface area contributed by atoms with Crippen LogP contribution in [0, 0.1) is 5.82 Å². The summed E-state index contributed by atoms with van der Waals surface area (Å²) in [4.78, 5) is -0.487. The third-order valence-corrected chi connectivity index (χ3v) is 3.71. The van der Waals surface area contributed by atoms with Crippen molar-refractivity contribution in [2.24, 2.45) is 0 Å². The van der Waals surface area contributed by atoms with Gasteiger partial charge >= 0.3 is 6.18 Å². The molecule has 1 rings (SSSR count). The normalized spacial score (nSPS) is 12.6. The zero-order valence-electron chi connectivity index (χ0n) is 9.67. The number of sulfonamides is 1. The topological polar surface area (TPSA) is 72.2 Å². The van der Waals surface area contributed by atoms with E-state index in [1.807, 2.05) is 4.72 Å². The Morgan fingerprint density at radius 1 is 1.26 bits per heavy atom. The lowest BCUT2D eigenvalue weighted by Gasteiger charge is -2.10. The Kier molecular flexibility index (Phi) is 4.75. The Balaban J connectivity index is 2.69. The predicted octanol–water partition coefficient (Wildman–Crippen LogP) is 2.03. The van der Waals surface area contributed by atoms with Crippen LogP contribution in [0.1, 0.15) is 12.8 Å². The van der Waals surface area contributed by atoms with Crippen LogP contribution < -0.4 is 10.5 Å². The van der Waals surface area contributed by atoms with Gasteiger partial charge in [-0.2, -0.15) is 13.2 Å². The highest BCUT2D eigenvalue weighted by Gasteiger charge is 2.26. The smallest absolute Gasteiger partial charge is 0.389 e. The second-order valence-electron chi connectivity index (χ2n) is 3.80. The van der Waals surface area contributed by atoms with E-state index in [9.17, 15) is 26.0 Å². The van der Waals surface area contributed by atoms with Gasteiger partial charge in [-0.05, 0) is 24.6 Å². The molecule has 0 aliphatic heterocycles. The number of alkyl halides is 3. The van der Waals surface area contributed by atoms with Gasteiger partial charge in [0, 0.05) is 13.0 Å². The van der Waals surface area contributed by atoms with Crippen molar-refractivity contribution in [3.63, 3.8) is 0 Å². The largest absolute Gasteiger partial charge is 0.398 e. The standard InChI is InChI=1S/C10H12F4N2O2S/c11-7-2-3-8(15)9(6-7)19(17,18)16-5-1-4-10(12,13)14/h2-3,6,16H,1,4-5,15H2. The maximum absolute atomic E-state index is 12.9. The summed E-state index contributed by atoms with van der Waals surface area (Å²) in [6.45, 7) is -0.405. The van der Waals surface area contributed by atoms with Crippen LogP contribution in [0.5, 0.6) is 0 Å². The van der Waals surface area contributed by atoms with Gasteiger partial charge < -0.3 is 5.73 Å². The van der Waals surface area contributed by atoms with Gasteiger partial charge in [-0.25, -0.2) is 17.5 Å². The zero-order chi connectivity index (χ0) is 14.7. The van der Waals surface area contributed by atoms with Gasteiger partial charge in [0.05, 0.1) is 5.69 Å². The van der Waals surface area contributed by atoms with Crippen LogP contribution >= 0.6 is 0 Å². The van der Waals surface area contributed by atoms with E-state index < -0.39 is 46.3 Å². The van der Waals surface area contributed by atoms with Gasteiger partial charge in [-0.3, -0.25) is 0 Å². The molecule has 0 aliphatic rings. The summed E-state index contributed by atoms with van der Waals surface area (Å²) >= 11 is 0. The Morgan fingerprint density at radius 2 is 1.89 bits per heavy atom. The summed E-state index contributed by atoms with van der Waals surface area (Å²) in [5, 5.41) is 0. The monoisotopic (exact) mass is 300 g/mol. The minimum absolute atomic E-state index is 0.176. The number of nitrogen functional groups attached to an aromatic ring is 1. The molecule has 0 heterocycles. The minimum Gasteiger partial charge on any atom is -0.398 e. The third-order valence-electron chi connectivity index (χ3n) is 2.19. The van der Waals surface area contributed by atoms with Crippen molar-refractivity contribution in [3.05, 3.63) is 24.0 Å². The van der Waals surface area contributed by atoms with E-state index in [1.165, 1.54) is 0 Å². The number of hydrogen-bond acceptors (Lipinski definition) is 3. The maximum atomic E-state index is 12.9. The average Bonchev–Trinajstić information content (AvgIpc) is 2.26. The number of benzene rings is 1. The molecule has 0 bridgehead atoms. The molecule has 19 heavy (non-hydrogen) atoms. The molecule has 0 saturated heterocycles. The fourth-order valence-corrected chi connectivity index (χ4v) is 2.53. The molecule has 1 aromatic carbocycles. The molecule has 0 amide bonds. The van der Waals surface area contributed by atoms with Crippen molar-refractivity contribution in [2.75, 3.05) is 12.3 Å². The number of halogens is 4. The zero-order valence-corrected chi connectivity index (χ0v) is 10.5. The lowest BCUT2D eigenvalue weighted by molar-refractivity contribution is -0.135. The molecular formula is C10H12F4N2O2S. The molecule has 0 radical (unpaired) electrons. The molecule has 0 saturated carbocycles. The number of nitrogens with two attached hydrogens (primary N) is 1. The molecule has 0 aliphatic carbocycles. The van der Waals surface area contributed by atoms with Crippen LogP contribution in [0.25, 0.3) is 0 Å². The van der Waals surface area contributed by atoms with E-state index in [1.54, 1.807) is 0 Å². The van der Waals surface area contributed by atoms with Gasteiger partial charge in [0.15, 0.2) is 0 Å². The molecule has 0 atom stereocenters. The maximum Gasteiger partial charge on any atom is 0.389 e. The van der Waals surface area contributed by atoms with E-state index in [0.717, 1.165) is 12.1 Å². The SMILES string of the molecule is Nc1ccc(F)cc1S(=O)(=O)NCCCC(F)(F)F. The quantitative estimate of drug-likeness (QED) is 0.496. The van der Waals surface area contributed by atoms with Crippen molar-refractivity contribution >= 4 is 15.7 Å². The van der Waals surface area contributed by atoms with Crippen LogP contribution in [0.15, 0.2) is 23.1 Å². The highest BCUT2D eigenvalue weighted by Crippen LogP contribution is 2.22. The molecule has 9 heteroatoms. The summed E-state index contributed by atoms with van der Waals surface area (Å²) in [5.74, 6) is -0.801. The van der Waals surface area contributed by atoms with Crippen LogP contribution in [0.2, 0.25) is 0 Å². The molecule has 0 aromatic heterocycles. The van der Waals surface area contributed by atoms with Gasteiger partial charge in [0.25, 0.3) is 0 Å². The van der Waals surface area contributed by atoms with Crippen molar-refractivity contribution in [3.8, 4) is 0 Å². The summed E-state index contributed by atoms with van der Waals surface area (Å²) in [7, 11) is -4.11. The van der Waals surface area contributed by atoms with Gasteiger partial charge in [0.2, 0.25) is 10.0 Å². The second-order valence-corrected chi connectivity index (χ2v) is 5.53. The minimum atomic E-state index is -4.34. The first-order chi connectivity index (χ1) is 8.62. The van der Waals surface area contributed by atoms with Crippen molar-refractivity contribution in [2.45, 2.75) is 23.9 Å². The molecule has 0 spiro atoms. The lowest BCUT2D eigenvalue weighted by Crippen LogP contribution is -2.26. The van der Waals surface area contributed by atoms with Crippen molar-refractivity contribution in [1.82, 2.24) is 4.72 Å². The summed E-state index contributed by atoms with van der Waals surface area (Å²) < 4.78 is 73.9. The van der Waals surface area contributed by atoms with E-state index >= 15 is 0 Å². The Labute approximate surface area is 107 Å². The van der Waals surface area contributed by atoms with E-state index in [0.29, 0.717) is 6.07 Å². The highest BCUT2D eigenvalue weighted by molar-refractivity contribution is 7.89. The Bertz CT molecular complexity index is 543. The van der Waals surface area contributed by atoms with Crippen molar-refractivity contribution < 1.29 is 26.0 Å². The van der Waals surface area contributed by atoms with Crippen LogP contribution in [0.3, 0.4) is 0 Å². The van der Waals surface area contributed by atoms with E-state index in [2.05, 4.69) is 0 Å². The average molecular weight is 300 g/mol. The van der Waals surface area contributed by atoms with Crippen molar-refractivity contribution in [1.29, 1.82) is 0 Å². The number of hydrogen-bond donors (Lipinski definition) is 2. The summed E-state index contributed by atoms with van der Waals surface area (Å²) in [6, 6.07) is 2.76. The molecule has 1 aromatic rings. The molecule has 0 unspecified atom stereocenters. The number of anilines is 1. The predicted molar refractivity (Wildman–Crippen MR) is 61.3 cm³/mol. The lowest BCUT2D eigenvalue weighted by atomic mass is 10.3. The van der Waals surface area contributed by atoms with Crippen LogP contribution in [-0.4, -0.2) is 21.1 Å². The fraction of sp³-hybridized carbons (Fsp3) is 0.400. The molecular weight excluding hydrogens is 288 g/mol. The Morgan fingerprint density at radius 3 is 2.47 bits per heavy atom. The Hall–Kier alpha value is -1.35. The first-order valence-corrected chi connectivity index (χ1v) is 6.71. The second kappa shape index (κ2) is 5.74. The number of rotatable bonds is 5. The molecule has 108 valence electrons. The van der Waals surface area contributed by atoms with Crippen LogP contribution in [-0.2, 0) is 10.0 Å². The number of nitrogens with one attached hydrogen (secondary N) is 1. The van der Waals surface area contributed by atoms with Gasteiger partial charge in [0.1, 0.15) is 10.7 Å². The first-order valence-electron chi connectivity index (χ1n) is 5.23. The van der Waals surface area contributed by atoms with E-state index in [-0.39, 0.29) is 5.69 Å². The molecule has 3 N–H and O–H groups in total. The first kappa shape index (κ1) is 15.7. The third kappa shape index (κ3) is 5.03. The highest BCUT2D eigenvalue weighted by atomic mass is 32.2. The van der Waals surface area contributed by atoms with Gasteiger partial charge in [-0.1, -0.05) is 0 Å². The summed E-state index contributed by atoms with van der Waals surface area (Å²) in [5.41, 5.74) is 5.21. The molecule has 0 fully saturated rings. The van der Waals surface area contributed by atoms with E-state index in [4.69, 9.17) is 5.73 Å². The van der Waals surface area contributed by atoms with Gasteiger partial charge in [-0.15, -0.1) is 0 Å². The molecule has 4 nitrogen and oxygen atoms in total.